The van der Waals surface area contributed by atoms with Crippen molar-refractivity contribution in [2.24, 2.45) is 5.92 Å². The van der Waals surface area contributed by atoms with Crippen molar-refractivity contribution in [3.05, 3.63) is 65.2 Å². The number of hydrogen-bond donors (Lipinski definition) is 1. The second-order valence-electron chi connectivity index (χ2n) is 7.44. The van der Waals surface area contributed by atoms with Gasteiger partial charge in [-0.15, -0.1) is 0 Å². The Hall–Kier alpha value is -2.30. The lowest BCUT2D eigenvalue weighted by Crippen LogP contribution is -2.37. The number of benzene rings is 2. The highest BCUT2D eigenvalue weighted by Gasteiger charge is 2.46. The van der Waals surface area contributed by atoms with E-state index in [1.807, 2.05) is 48.5 Å². The Morgan fingerprint density at radius 3 is 2.41 bits per heavy atom. The molecule has 0 bridgehead atoms. The summed E-state index contributed by atoms with van der Waals surface area (Å²) in [5.74, 6) is 1.75. The molecule has 2 atom stereocenters. The zero-order valence-electron chi connectivity index (χ0n) is 16.6. The molecule has 1 saturated carbocycles. The molecule has 1 N–H and O–H groups in total. The van der Waals surface area contributed by atoms with E-state index in [9.17, 15) is 5.11 Å². The first-order valence-corrected chi connectivity index (χ1v) is 9.34. The van der Waals surface area contributed by atoms with Gasteiger partial charge < -0.3 is 19.5 Å². The zero-order chi connectivity index (χ0) is 19.4. The normalized spacial score (nSPS) is 23.8. The standard InChI is InChI=1S/C23H29NO3/c1-24(2)16-20-9-8-19(14-17-6-5-7-22(15-17)27-4)23(20,25)18-10-12-21(26-3)13-11-18/h5-7,10-15,20,25H,8-9,16H2,1-4H3. The molecule has 27 heavy (non-hydrogen) atoms. The first-order valence-electron chi connectivity index (χ1n) is 9.34. The maximum absolute atomic E-state index is 11.9. The quantitative estimate of drug-likeness (QED) is 0.840. The number of methoxy groups -OCH3 is 2. The van der Waals surface area contributed by atoms with Gasteiger partial charge in [0.05, 0.1) is 14.2 Å². The highest BCUT2D eigenvalue weighted by molar-refractivity contribution is 5.59. The number of nitrogens with zero attached hydrogens (tertiary/aromatic N) is 1. The molecule has 0 saturated heterocycles. The average molecular weight is 367 g/mol. The summed E-state index contributed by atoms with van der Waals surface area (Å²) in [4.78, 5) is 2.15. The van der Waals surface area contributed by atoms with E-state index < -0.39 is 5.60 Å². The lowest BCUT2D eigenvalue weighted by atomic mass is 9.80. The van der Waals surface area contributed by atoms with Crippen molar-refractivity contribution in [2.75, 3.05) is 34.9 Å². The van der Waals surface area contributed by atoms with Crippen LogP contribution in [0, 0.1) is 5.92 Å². The van der Waals surface area contributed by atoms with Crippen LogP contribution in [0.3, 0.4) is 0 Å². The van der Waals surface area contributed by atoms with E-state index in [0.29, 0.717) is 0 Å². The SMILES string of the molecule is COc1ccc(C2(O)C(=Cc3cccc(OC)c3)CCC2CN(C)C)cc1. The Kier molecular flexibility index (Phi) is 5.88. The molecule has 4 heteroatoms. The maximum Gasteiger partial charge on any atom is 0.119 e. The summed E-state index contributed by atoms with van der Waals surface area (Å²) >= 11 is 0. The molecule has 0 aromatic heterocycles. The highest BCUT2D eigenvalue weighted by atomic mass is 16.5. The van der Waals surface area contributed by atoms with Gasteiger partial charge >= 0.3 is 0 Å². The summed E-state index contributed by atoms with van der Waals surface area (Å²) < 4.78 is 10.6. The molecule has 0 radical (unpaired) electrons. The van der Waals surface area contributed by atoms with Gasteiger partial charge in [0, 0.05) is 12.5 Å². The van der Waals surface area contributed by atoms with E-state index >= 15 is 0 Å². The van der Waals surface area contributed by atoms with Gasteiger partial charge in [-0.3, -0.25) is 0 Å². The van der Waals surface area contributed by atoms with E-state index in [2.05, 4.69) is 25.1 Å². The van der Waals surface area contributed by atoms with Gasteiger partial charge in [0.1, 0.15) is 17.1 Å². The molecule has 0 heterocycles. The molecule has 1 aliphatic rings. The third-order valence-electron chi connectivity index (χ3n) is 5.39. The van der Waals surface area contributed by atoms with Crippen LogP contribution in [0.25, 0.3) is 6.08 Å². The second kappa shape index (κ2) is 8.15. The minimum Gasteiger partial charge on any atom is -0.497 e. The summed E-state index contributed by atoms with van der Waals surface area (Å²) in [5, 5.41) is 11.9. The predicted molar refractivity (Wildman–Crippen MR) is 109 cm³/mol. The van der Waals surface area contributed by atoms with Crippen molar-refractivity contribution in [3.8, 4) is 11.5 Å². The Balaban J connectivity index is 2.04. The summed E-state index contributed by atoms with van der Waals surface area (Å²) in [6.07, 6.45) is 3.94. The van der Waals surface area contributed by atoms with Crippen LogP contribution < -0.4 is 9.47 Å². The first kappa shape index (κ1) is 19.5. The van der Waals surface area contributed by atoms with Crippen molar-refractivity contribution in [1.82, 2.24) is 4.90 Å². The molecule has 0 amide bonds. The molecule has 0 aliphatic heterocycles. The van der Waals surface area contributed by atoms with Crippen LogP contribution in [0.15, 0.2) is 54.1 Å². The topological polar surface area (TPSA) is 41.9 Å². The van der Waals surface area contributed by atoms with Crippen LogP contribution in [0.1, 0.15) is 24.0 Å². The van der Waals surface area contributed by atoms with Crippen molar-refractivity contribution in [1.29, 1.82) is 0 Å². The van der Waals surface area contributed by atoms with Gasteiger partial charge in [-0.1, -0.05) is 30.3 Å². The molecule has 2 unspecified atom stereocenters. The monoisotopic (exact) mass is 367 g/mol. The molecule has 0 spiro atoms. The van der Waals surface area contributed by atoms with E-state index in [1.165, 1.54) is 0 Å². The molecule has 3 rings (SSSR count). The summed E-state index contributed by atoms with van der Waals surface area (Å²) in [7, 11) is 7.43. The summed E-state index contributed by atoms with van der Waals surface area (Å²) in [6, 6.07) is 15.7. The fraction of sp³-hybridized carbons (Fsp3) is 0.391. The largest absolute Gasteiger partial charge is 0.497 e. The van der Waals surface area contributed by atoms with E-state index in [4.69, 9.17) is 9.47 Å². The van der Waals surface area contributed by atoms with Crippen LogP contribution in [-0.4, -0.2) is 44.9 Å². The van der Waals surface area contributed by atoms with Crippen molar-refractivity contribution in [2.45, 2.75) is 18.4 Å². The lowest BCUT2D eigenvalue weighted by molar-refractivity contribution is 0.0216. The minimum absolute atomic E-state index is 0.137. The van der Waals surface area contributed by atoms with E-state index in [1.54, 1.807) is 14.2 Å². The Bertz CT molecular complexity index is 798. The van der Waals surface area contributed by atoms with Crippen LogP contribution in [0.4, 0.5) is 0 Å². The molecule has 144 valence electrons. The summed E-state index contributed by atoms with van der Waals surface area (Å²) in [6.45, 7) is 0.831. The van der Waals surface area contributed by atoms with E-state index in [0.717, 1.165) is 47.6 Å². The van der Waals surface area contributed by atoms with Gasteiger partial charge in [0.15, 0.2) is 0 Å². The molecule has 2 aromatic carbocycles. The predicted octanol–water partition coefficient (Wildman–Crippen LogP) is 3.95. The number of hydrogen-bond acceptors (Lipinski definition) is 4. The van der Waals surface area contributed by atoms with Crippen molar-refractivity contribution < 1.29 is 14.6 Å². The van der Waals surface area contributed by atoms with Gasteiger partial charge in [0.2, 0.25) is 0 Å². The summed E-state index contributed by atoms with van der Waals surface area (Å²) in [5.41, 5.74) is 2.02. The molecule has 4 nitrogen and oxygen atoms in total. The van der Waals surface area contributed by atoms with Gasteiger partial charge in [-0.05, 0) is 67.9 Å². The zero-order valence-corrected chi connectivity index (χ0v) is 16.6. The van der Waals surface area contributed by atoms with Gasteiger partial charge in [-0.2, -0.15) is 0 Å². The first-order chi connectivity index (χ1) is 13.0. The molecule has 1 fully saturated rings. The average Bonchev–Trinajstić information content (AvgIpc) is 2.98. The maximum atomic E-state index is 11.9. The highest BCUT2D eigenvalue weighted by Crippen LogP contribution is 2.48. The van der Waals surface area contributed by atoms with Crippen molar-refractivity contribution >= 4 is 6.08 Å². The van der Waals surface area contributed by atoms with Gasteiger partial charge in [-0.25, -0.2) is 0 Å². The smallest absolute Gasteiger partial charge is 0.119 e. The lowest BCUT2D eigenvalue weighted by Gasteiger charge is -2.34. The number of ether oxygens (including phenoxy) is 2. The molecule has 2 aromatic rings. The third kappa shape index (κ3) is 4.02. The Morgan fingerprint density at radius 1 is 1.07 bits per heavy atom. The fourth-order valence-electron chi connectivity index (χ4n) is 4.04. The third-order valence-corrected chi connectivity index (χ3v) is 5.39. The van der Waals surface area contributed by atoms with E-state index in [-0.39, 0.29) is 5.92 Å². The number of rotatable bonds is 6. The molecular formula is C23H29NO3. The minimum atomic E-state index is -0.986. The Labute approximate surface area is 162 Å². The second-order valence-corrected chi connectivity index (χ2v) is 7.44. The molecule has 1 aliphatic carbocycles. The fourth-order valence-corrected chi connectivity index (χ4v) is 4.04. The van der Waals surface area contributed by atoms with Crippen LogP contribution >= 0.6 is 0 Å². The van der Waals surface area contributed by atoms with Crippen molar-refractivity contribution in [3.63, 3.8) is 0 Å². The van der Waals surface area contributed by atoms with Gasteiger partial charge in [0.25, 0.3) is 0 Å². The number of aliphatic hydroxyl groups is 1. The van der Waals surface area contributed by atoms with Crippen LogP contribution in [-0.2, 0) is 5.60 Å². The molecular weight excluding hydrogens is 338 g/mol. The van der Waals surface area contributed by atoms with Crippen LogP contribution in [0.5, 0.6) is 11.5 Å². The van der Waals surface area contributed by atoms with Crippen LogP contribution in [0.2, 0.25) is 0 Å². The Morgan fingerprint density at radius 2 is 1.78 bits per heavy atom.